The predicted molar refractivity (Wildman–Crippen MR) is 76.3 cm³/mol. The van der Waals surface area contributed by atoms with E-state index in [2.05, 4.69) is 4.40 Å². The van der Waals surface area contributed by atoms with Crippen LogP contribution in [0.4, 0.5) is 0 Å². The summed E-state index contributed by atoms with van der Waals surface area (Å²) in [5.74, 6) is 0. The highest BCUT2D eigenvalue weighted by Crippen LogP contribution is 2.20. The van der Waals surface area contributed by atoms with Gasteiger partial charge in [-0.05, 0) is 46.2 Å². The number of halogens is 1. The summed E-state index contributed by atoms with van der Waals surface area (Å²) in [6.45, 7) is 9.53. The molecule has 4 heteroatoms. The molecule has 0 saturated heterocycles. The summed E-state index contributed by atoms with van der Waals surface area (Å²) in [4.78, 5) is 0. The Morgan fingerprint density at radius 3 is 2.47 bits per heavy atom. The summed E-state index contributed by atoms with van der Waals surface area (Å²) < 4.78 is 15.8. The first-order valence-corrected chi connectivity index (χ1v) is 6.94. The standard InChI is InChI=1S/C13H18ClNOS/c1-9-11(7-6-8-12(9)14)10(2)15-17(16)13(3,4)5/h6-8H,1-5H3/b15-10+/t17-/m1/s1. The van der Waals surface area contributed by atoms with Crippen LogP contribution >= 0.6 is 11.6 Å². The fourth-order valence-electron chi connectivity index (χ4n) is 1.31. The predicted octanol–water partition coefficient (Wildman–Crippen LogP) is 3.92. The van der Waals surface area contributed by atoms with Crippen molar-refractivity contribution in [2.75, 3.05) is 0 Å². The molecule has 0 aliphatic heterocycles. The van der Waals surface area contributed by atoms with Gasteiger partial charge in [0.15, 0.2) is 0 Å². The zero-order valence-electron chi connectivity index (χ0n) is 10.9. The molecule has 0 aliphatic carbocycles. The maximum atomic E-state index is 11.9. The summed E-state index contributed by atoms with van der Waals surface area (Å²) in [7, 11) is -1.24. The number of nitrogens with zero attached hydrogens (tertiary/aromatic N) is 1. The van der Waals surface area contributed by atoms with Gasteiger partial charge in [-0.2, -0.15) is 4.40 Å². The molecule has 0 amide bonds. The maximum absolute atomic E-state index is 11.9. The molecular weight excluding hydrogens is 254 g/mol. The van der Waals surface area contributed by atoms with Crippen LogP contribution in [0.15, 0.2) is 22.6 Å². The van der Waals surface area contributed by atoms with Crippen LogP contribution in [0.3, 0.4) is 0 Å². The van der Waals surface area contributed by atoms with E-state index in [1.165, 1.54) is 0 Å². The van der Waals surface area contributed by atoms with E-state index >= 15 is 0 Å². The average Bonchev–Trinajstić information content (AvgIpc) is 2.20. The summed E-state index contributed by atoms with van der Waals surface area (Å²) in [6.07, 6.45) is 0. The molecule has 0 unspecified atom stereocenters. The van der Waals surface area contributed by atoms with Gasteiger partial charge in [0, 0.05) is 10.6 Å². The quantitative estimate of drug-likeness (QED) is 0.750. The Morgan fingerprint density at radius 1 is 1.35 bits per heavy atom. The number of hydrogen-bond donors (Lipinski definition) is 0. The third kappa shape index (κ3) is 3.65. The summed E-state index contributed by atoms with van der Waals surface area (Å²) in [5, 5.41) is 0.707. The fraction of sp³-hybridized carbons (Fsp3) is 0.462. The van der Waals surface area contributed by atoms with Crippen molar-refractivity contribution in [3.05, 3.63) is 34.3 Å². The molecule has 1 atom stereocenters. The molecule has 0 heterocycles. The minimum Gasteiger partial charge on any atom is -0.234 e. The first kappa shape index (κ1) is 14.4. The Hall–Kier alpha value is -0.670. The van der Waals surface area contributed by atoms with E-state index in [4.69, 9.17) is 11.6 Å². The van der Waals surface area contributed by atoms with Crippen molar-refractivity contribution in [1.82, 2.24) is 0 Å². The third-order valence-electron chi connectivity index (χ3n) is 2.40. The second kappa shape index (κ2) is 5.32. The Balaban J connectivity index is 3.13. The molecule has 0 radical (unpaired) electrons. The molecule has 0 N–H and O–H groups in total. The third-order valence-corrected chi connectivity index (χ3v) is 4.30. The van der Waals surface area contributed by atoms with Crippen LogP contribution in [-0.2, 0) is 11.0 Å². The molecule has 0 saturated carbocycles. The Kier molecular flexibility index (Phi) is 4.50. The molecule has 0 bridgehead atoms. The summed E-state index contributed by atoms with van der Waals surface area (Å²) in [6, 6.07) is 5.66. The smallest absolute Gasteiger partial charge is 0.145 e. The van der Waals surface area contributed by atoms with E-state index in [-0.39, 0.29) is 4.75 Å². The minimum atomic E-state index is -1.24. The van der Waals surface area contributed by atoms with Crippen LogP contribution in [0.5, 0.6) is 0 Å². The molecule has 0 aliphatic rings. The minimum absolute atomic E-state index is 0.340. The monoisotopic (exact) mass is 271 g/mol. The highest BCUT2D eigenvalue weighted by molar-refractivity contribution is 7.85. The van der Waals surface area contributed by atoms with Crippen LogP contribution in [0.1, 0.15) is 38.8 Å². The highest BCUT2D eigenvalue weighted by Gasteiger charge is 2.19. The molecule has 17 heavy (non-hydrogen) atoms. The second-order valence-corrected chi connectivity index (χ2v) is 7.26. The van der Waals surface area contributed by atoms with Gasteiger partial charge in [0.1, 0.15) is 11.0 Å². The molecular formula is C13H18ClNOS. The highest BCUT2D eigenvalue weighted by atomic mass is 35.5. The SMILES string of the molecule is C/C(=N\[S@](=O)C(C)(C)C)c1cccc(Cl)c1C. The van der Waals surface area contributed by atoms with Crippen molar-refractivity contribution >= 4 is 28.3 Å². The van der Waals surface area contributed by atoms with Crippen LogP contribution in [-0.4, -0.2) is 14.7 Å². The lowest BCUT2D eigenvalue weighted by Crippen LogP contribution is -2.20. The Morgan fingerprint density at radius 2 is 1.94 bits per heavy atom. The van der Waals surface area contributed by atoms with E-state index < -0.39 is 11.0 Å². The van der Waals surface area contributed by atoms with Crippen LogP contribution < -0.4 is 0 Å². The van der Waals surface area contributed by atoms with Gasteiger partial charge in [-0.15, -0.1) is 0 Å². The fourth-order valence-corrected chi connectivity index (χ4v) is 2.11. The van der Waals surface area contributed by atoms with Crippen molar-refractivity contribution in [3.8, 4) is 0 Å². The maximum Gasteiger partial charge on any atom is 0.145 e. The number of benzene rings is 1. The van der Waals surface area contributed by atoms with E-state index in [0.717, 1.165) is 16.8 Å². The van der Waals surface area contributed by atoms with Crippen LogP contribution in [0.25, 0.3) is 0 Å². The summed E-state index contributed by atoms with van der Waals surface area (Å²) >= 11 is 6.05. The van der Waals surface area contributed by atoms with Crippen molar-refractivity contribution in [3.63, 3.8) is 0 Å². The zero-order valence-corrected chi connectivity index (χ0v) is 12.4. The van der Waals surface area contributed by atoms with Crippen molar-refractivity contribution in [1.29, 1.82) is 0 Å². The van der Waals surface area contributed by atoms with Gasteiger partial charge in [-0.1, -0.05) is 23.7 Å². The first-order chi connectivity index (χ1) is 7.73. The Bertz CT molecular complexity index is 475. The largest absolute Gasteiger partial charge is 0.234 e. The molecule has 0 fully saturated rings. The van der Waals surface area contributed by atoms with E-state index in [0.29, 0.717) is 5.02 Å². The van der Waals surface area contributed by atoms with E-state index in [1.54, 1.807) is 0 Å². The Labute approximate surface area is 111 Å². The topological polar surface area (TPSA) is 29.4 Å². The lowest BCUT2D eigenvalue weighted by Gasteiger charge is -2.14. The molecule has 0 aromatic heterocycles. The average molecular weight is 272 g/mol. The molecule has 1 aromatic rings. The van der Waals surface area contributed by atoms with Crippen molar-refractivity contribution in [2.45, 2.75) is 39.4 Å². The van der Waals surface area contributed by atoms with Gasteiger partial charge in [-0.25, -0.2) is 4.21 Å². The van der Waals surface area contributed by atoms with Gasteiger partial charge in [0.2, 0.25) is 0 Å². The number of hydrogen-bond acceptors (Lipinski definition) is 1. The van der Waals surface area contributed by atoms with Crippen molar-refractivity contribution < 1.29 is 4.21 Å². The van der Waals surface area contributed by atoms with Gasteiger partial charge in [0.05, 0.1) is 10.5 Å². The summed E-state index contributed by atoms with van der Waals surface area (Å²) in [5.41, 5.74) is 2.69. The van der Waals surface area contributed by atoms with E-state index in [9.17, 15) is 4.21 Å². The molecule has 1 rings (SSSR count). The van der Waals surface area contributed by atoms with E-state index in [1.807, 2.05) is 52.8 Å². The zero-order chi connectivity index (χ0) is 13.2. The lowest BCUT2D eigenvalue weighted by molar-refractivity contribution is 0.650. The molecule has 0 spiro atoms. The molecule has 94 valence electrons. The van der Waals surface area contributed by atoms with Crippen molar-refractivity contribution in [2.24, 2.45) is 4.40 Å². The second-order valence-electron chi connectivity index (χ2n) is 4.95. The lowest BCUT2D eigenvalue weighted by atomic mass is 10.1. The van der Waals surface area contributed by atoms with Gasteiger partial charge < -0.3 is 0 Å². The number of rotatable bonds is 2. The van der Waals surface area contributed by atoms with Crippen LogP contribution in [0.2, 0.25) is 5.02 Å². The van der Waals surface area contributed by atoms with Gasteiger partial charge in [-0.3, -0.25) is 0 Å². The van der Waals surface area contributed by atoms with Gasteiger partial charge in [0.25, 0.3) is 0 Å². The normalized spacial score (nSPS) is 14.8. The first-order valence-electron chi connectivity index (χ1n) is 5.46. The van der Waals surface area contributed by atoms with Crippen LogP contribution in [0, 0.1) is 6.92 Å². The molecule has 2 nitrogen and oxygen atoms in total. The molecule has 1 aromatic carbocycles. The van der Waals surface area contributed by atoms with Gasteiger partial charge >= 0.3 is 0 Å².